The lowest BCUT2D eigenvalue weighted by atomic mass is 10.1. The smallest absolute Gasteiger partial charge is 0.255 e. The number of amides is 1. The summed E-state index contributed by atoms with van der Waals surface area (Å²) in [6.07, 6.45) is 0. The lowest BCUT2D eigenvalue weighted by molar-refractivity contribution is 0.102. The van der Waals surface area contributed by atoms with Crippen LogP contribution in [0.2, 0.25) is 5.02 Å². The Morgan fingerprint density at radius 3 is 2.57 bits per heavy atom. The molecule has 0 unspecified atom stereocenters. The Labute approximate surface area is 128 Å². The van der Waals surface area contributed by atoms with Gasteiger partial charge in [0.25, 0.3) is 5.91 Å². The SMILES string of the molecule is CCOc1ccc(C(=O)Nc2cc(Cl)c(C)cc2N)cc1. The number of anilines is 2. The number of nitrogens with two attached hydrogens (primary N) is 1. The molecule has 21 heavy (non-hydrogen) atoms. The second-order valence-corrected chi connectivity index (χ2v) is 5.01. The number of carbonyl (C=O) groups excluding carboxylic acids is 1. The number of nitrogens with one attached hydrogen (secondary N) is 1. The summed E-state index contributed by atoms with van der Waals surface area (Å²) in [4.78, 5) is 12.2. The number of benzene rings is 2. The fourth-order valence-corrected chi connectivity index (χ4v) is 2.04. The van der Waals surface area contributed by atoms with Gasteiger partial charge in [0.2, 0.25) is 0 Å². The molecule has 0 heterocycles. The summed E-state index contributed by atoms with van der Waals surface area (Å²) < 4.78 is 5.34. The van der Waals surface area contributed by atoms with E-state index in [-0.39, 0.29) is 5.91 Å². The third kappa shape index (κ3) is 3.67. The van der Waals surface area contributed by atoms with E-state index in [4.69, 9.17) is 22.1 Å². The van der Waals surface area contributed by atoms with Crippen molar-refractivity contribution in [3.63, 3.8) is 0 Å². The number of aryl methyl sites for hydroxylation is 1. The number of hydrogen-bond donors (Lipinski definition) is 2. The Balaban J connectivity index is 2.16. The highest BCUT2D eigenvalue weighted by molar-refractivity contribution is 6.32. The Kier molecular flexibility index (Phi) is 4.70. The topological polar surface area (TPSA) is 64.3 Å². The first-order valence-electron chi connectivity index (χ1n) is 6.61. The highest BCUT2D eigenvalue weighted by atomic mass is 35.5. The predicted molar refractivity (Wildman–Crippen MR) is 86.2 cm³/mol. The van der Waals surface area contributed by atoms with Gasteiger partial charge in [-0.15, -0.1) is 0 Å². The Morgan fingerprint density at radius 2 is 1.95 bits per heavy atom. The van der Waals surface area contributed by atoms with Crippen molar-refractivity contribution in [3.05, 3.63) is 52.5 Å². The van der Waals surface area contributed by atoms with Crippen LogP contribution in [0.25, 0.3) is 0 Å². The third-order valence-corrected chi connectivity index (χ3v) is 3.41. The minimum atomic E-state index is -0.246. The van der Waals surface area contributed by atoms with Gasteiger partial charge in [-0.05, 0) is 55.8 Å². The van der Waals surface area contributed by atoms with Crippen molar-refractivity contribution >= 4 is 28.9 Å². The first kappa shape index (κ1) is 15.2. The van der Waals surface area contributed by atoms with Crippen LogP contribution in [0.15, 0.2) is 36.4 Å². The van der Waals surface area contributed by atoms with E-state index in [0.29, 0.717) is 28.6 Å². The fourth-order valence-electron chi connectivity index (χ4n) is 1.88. The standard InChI is InChI=1S/C16H17ClN2O2/c1-3-21-12-6-4-11(5-7-12)16(20)19-15-9-13(17)10(2)8-14(15)18/h4-9H,3,18H2,1-2H3,(H,19,20). The molecule has 0 aromatic heterocycles. The van der Waals surface area contributed by atoms with Crippen molar-refractivity contribution < 1.29 is 9.53 Å². The highest BCUT2D eigenvalue weighted by Crippen LogP contribution is 2.27. The molecule has 110 valence electrons. The number of carbonyl (C=O) groups is 1. The van der Waals surface area contributed by atoms with Crippen LogP contribution in [0, 0.1) is 6.92 Å². The van der Waals surface area contributed by atoms with Crippen molar-refractivity contribution in [2.75, 3.05) is 17.7 Å². The summed E-state index contributed by atoms with van der Waals surface area (Å²) in [5.41, 5.74) is 8.27. The second-order valence-electron chi connectivity index (χ2n) is 4.60. The van der Waals surface area contributed by atoms with Crippen LogP contribution in [0.4, 0.5) is 11.4 Å². The number of halogens is 1. The van der Waals surface area contributed by atoms with Crippen LogP contribution < -0.4 is 15.8 Å². The molecule has 0 saturated carbocycles. The van der Waals surface area contributed by atoms with Crippen molar-refractivity contribution in [1.29, 1.82) is 0 Å². The molecule has 0 aliphatic rings. The molecule has 1 amide bonds. The normalized spacial score (nSPS) is 10.2. The van der Waals surface area contributed by atoms with Gasteiger partial charge in [0, 0.05) is 10.6 Å². The largest absolute Gasteiger partial charge is 0.494 e. The number of hydrogen-bond acceptors (Lipinski definition) is 3. The maximum Gasteiger partial charge on any atom is 0.255 e. The summed E-state index contributed by atoms with van der Waals surface area (Å²) >= 11 is 6.05. The van der Waals surface area contributed by atoms with Gasteiger partial charge < -0.3 is 15.8 Å². The van der Waals surface area contributed by atoms with Crippen LogP contribution >= 0.6 is 11.6 Å². The van der Waals surface area contributed by atoms with Gasteiger partial charge in [-0.25, -0.2) is 0 Å². The van der Waals surface area contributed by atoms with Gasteiger partial charge in [0.15, 0.2) is 0 Å². The molecule has 4 nitrogen and oxygen atoms in total. The maximum absolute atomic E-state index is 12.2. The summed E-state index contributed by atoms with van der Waals surface area (Å²) in [5, 5.41) is 3.32. The molecule has 0 radical (unpaired) electrons. The molecule has 0 fully saturated rings. The molecule has 3 N–H and O–H groups in total. The number of rotatable bonds is 4. The summed E-state index contributed by atoms with van der Waals surface area (Å²) in [6.45, 7) is 4.35. The molecular formula is C16H17ClN2O2. The first-order valence-corrected chi connectivity index (χ1v) is 6.99. The molecule has 0 bridgehead atoms. The van der Waals surface area contributed by atoms with Gasteiger partial charge in [0.1, 0.15) is 5.75 Å². The molecule has 2 aromatic rings. The molecule has 0 aliphatic heterocycles. The van der Waals surface area contributed by atoms with Gasteiger partial charge in [0.05, 0.1) is 18.0 Å². The molecule has 2 rings (SSSR count). The summed E-state index contributed by atoms with van der Waals surface area (Å²) in [5.74, 6) is 0.483. The van der Waals surface area contributed by atoms with Crippen LogP contribution in [-0.2, 0) is 0 Å². The zero-order valence-corrected chi connectivity index (χ0v) is 12.7. The quantitative estimate of drug-likeness (QED) is 0.842. The minimum Gasteiger partial charge on any atom is -0.494 e. The highest BCUT2D eigenvalue weighted by Gasteiger charge is 2.10. The lowest BCUT2D eigenvalue weighted by Gasteiger charge is -2.11. The van der Waals surface area contributed by atoms with E-state index in [0.717, 1.165) is 11.3 Å². The lowest BCUT2D eigenvalue weighted by Crippen LogP contribution is -2.13. The third-order valence-electron chi connectivity index (χ3n) is 3.01. The summed E-state index contributed by atoms with van der Waals surface area (Å²) in [7, 11) is 0. The maximum atomic E-state index is 12.2. The first-order chi connectivity index (χ1) is 10.0. The van der Waals surface area contributed by atoms with E-state index in [1.807, 2.05) is 13.8 Å². The van der Waals surface area contributed by atoms with Crippen LogP contribution in [0.3, 0.4) is 0 Å². The van der Waals surface area contributed by atoms with Crippen molar-refractivity contribution in [2.24, 2.45) is 0 Å². The van der Waals surface area contributed by atoms with Gasteiger partial charge >= 0.3 is 0 Å². The van der Waals surface area contributed by atoms with Crippen molar-refractivity contribution in [2.45, 2.75) is 13.8 Å². The summed E-state index contributed by atoms with van der Waals surface area (Å²) in [6, 6.07) is 10.3. The molecule has 0 atom stereocenters. The van der Waals surface area contributed by atoms with E-state index in [1.165, 1.54) is 0 Å². The van der Waals surface area contributed by atoms with Crippen LogP contribution in [0.5, 0.6) is 5.75 Å². The van der Waals surface area contributed by atoms with Crippen molar-refractivity contribution in [1.82, 2.24) is 0 Å². The van der Waals surface area contributed by atoms with E-state index >= 15 is 0 Å². The van der Waals surface area contributed by atoms with Crippen LogP contribution in [0.1, 0.15) is 22.8 Å². The zero-order chi connectivity index (χ0) is 15.4. The van der Waals surface area contributed by atoms with E-state index in [2.05, 4.69) is 5.32 Å². The van der Waals surface area contributed by atoms with Gasteiger partial charge in [-0.3, -0.25) is 4.79 Å². The average Bonchev–Trinajstić information content (AvgIpc) is 2.46. The van der Waals surface area contributed by atoms with Crippen LogP contribution in [-0.4, -0.2) is 12.5 Å². The van der Waals surface area contributed by atoms with E-state index < -0.39 is 0 Å². The monoisotopic (exact) mass is 304 g/mol. The van der Waals surface area contributed by atoms with E-state index in [1.54, 1.807) is 36.4 Å². The molecule has 5 heteroatoms. The number of ether oxygens (including phenoxy) is 1. The minimum absolute atomic E-state index is 0.246. The molecule has 0 spiro atoms. The van der Waals surface area contributed by atoms with E-state index in [9.17, 15) is 4.79 Å². The second kappa shape index (κ2) is 6.50. The average molecular weight is 305 g/mol. The fraction of sp³-hybridized carbons (Fsp3) is 0.188. The Morgan fingerprint density at radius 1 is 1.29 bits per heavy atom. The zero-order valence-electron chi connectivity index (χ0n) is 11.9. The molecule has 0 aliphatic carbocycles. The Bertz CT molecular complexity index is 654. The Hall–Kier alpha value is -2.20. The molecule has 0 saturated heterocycles. The van der Waals surface area contributed by atoms with Gasteiger partial charge in [-0.2, -0.15) is 0 Å². The predicted octanol–water partition coefficient (Wildman–Crippen LogP) is 3.88. The number of nitrogen functional groups attached to an aromatic ring is 1. The molecular weight excluding hydrogens is 288 g/mol. The van der Waals surface area contributed by atoms with Gasteiger partial charge in [-0.1, -0.05) is 11.6 Å². The van der Waals surface area contributed by atoms with Crippen molar-refractivity contribution in [3.8, 4) is 5.75 Å². The molecule has 2 aromatic carbocycles.